The summed E-state index contributed by atoms with van der Waals surface area (Å²) in [6, 6.07) is 3.12. The van der Waals surface area contributed by atoms with E-state index in [-0.39, 0.29) is 11.4 Å². The fourth-order valence-corrected chi connectivity index (χ4v) is 2.60. The average Bonchev–Trinajstić information content (AvgIpc) is 2.93. The van der Waals surface area contributed by atoms with Gasteiger partial charge in [0.15, 0.2) is 0 Å². The van der Waals surface area contributed by atoms with Gasteiger partial charge in [0.2, 0.25) is 10.0 Å². The quantitative estimate of drug-likeness (QED) is 0.773. The smallest absolute Gasteiger partial charge is 0.235 e. The number of sulfonamides is 1. The van der Waals surface area contributed by atoms with Crippen LogP contribution in [0.25, 0.3) is 0 Å². The summed E-state index contributed by atoms with van der Waals surface area (Å²) >= 11 is 0. The first kappa shape index (κ1) is 10.2. The molecule has 1 aromatic rings. The zero-order chi connectivity index (χ0) is 11.1. The lowest BCUT2D eigenvalue weighted by atomic mass is 10.3. The van der Waals surface area contributed by atoms with Crippen LogP contribution in [-0.4, -0.2) is 18.8 Å². The van der Waals surface area contributed by atoms with Crippen LogP contribution in [0.2, 0.25) is 0 Å². The Labute approximate surface area is 86.8 Å². The molecule has 82 valence electrons. The monoisotopic (exact) mass is 231 g/mol. The van der Waals surface area contributed by atoms with Crippen molar-refractivity contribution in [3.05, 3.63) is 24.0 Å². The molecule has 2 N–H and O–H groups in total. The molecule has 0 atom stereocenters. The Bertz CT molecular complexity index is 482. The summed E-state index contributed by atoms with van der Waals surface area (Å²) in [6.45, 7) is 0. The predicted molar refractivity (Wildman–Crippen MR) is 53.6 cm³/mol. The van der Waals surface area contributed by atoms with Crippen LogP contribution >= 0.6 is 0 Å². The molecule has 15 heavy (non-hydrogen) atoms. The van der Waals surface area contributed by atoms with Crippen molar-refractivity contribution in [1.82, 2.24) is 0 Å². The van der Waals surface area contributed by atoms with Crippen LogP contribution in [-0.2, 0) is 10.0 Å². The van der Waals surface area contributed by atoms with Crippen molar-refractivity contribution in [2.24, 2.45) is 0 Å². The highest BCUT2D eigenvalue weighted by Gasteiger charge is 2.36. The van der Waals surface area contributed by atoms with Gasteiger partial charge in [-0.05, 0) is 25.0 Å². The van der Waals surface area contributed by atoms with Crippen LogP contribution in [0.3, 0.4) is 0 Å². The standard InChI is InChI=1S/C9H10FNO3S/c10-6-1-4-9(12)8(5-6)11-15(13,14)7-2-3-7/h1,4-5,7,11-12H,2-3H2. The third-order valence-corrected chi connectivity index (χ3v) is 4.03. The molecule has 0 amide bonds. The molecule has 0 spiro atoms. The Morgan fingerprint density at radius 1 is 1.40 bits per heavy atom. The van der Waals surface area contributed by atoms with Gasteiger partial charge < -0.3 is 5.11 Å². The van der Waals surface area contributed by atoms with Gasteiger partial charge in [0.25, 0.3) is 0 Å². The lowest BCUT2D eigenvalue weighted by molar-refractivity contribution is 0.475. The van der Waals surface area contributed by atoms with Crippen LogP contribution in [0.15, 0.2) is 18.2 Å². The molecule has 2 rings (SSSR count). The second kappa shape index (κ2) is 3.37. The van der Waals surface area contributed by atoms with Crippen LogP contribution in [0.5, 0.6) is 5.75 Å². The summed E-state index contributed by atoms with van der Waals surface area (Å²) in [7, 11) is -3.46. The van der Waals surface area contributed by atoms with Crippen LogP contribution in [0, 0.1) is 5.82 Å². The minimum Gasteiger partial charge on any atom is -0.506 e. The highest BCUT2D eigenvalue weighted by Crippen LogP contribution is 2.32. The molecule has 1 fully saturated rings. The zero-order valence-electron chi connectivity index (χ0n) is 7.77. The number of anilines is 1. The lowest BCUT2D eigenvalue weighted by Gasteiger charge is -2.08. The Kier molecular flexibility index (Phi) is 2.30. The van der Waals surface area contributed by atoms with Gasteiger partial charge in [-0.3, -0.25) is 4.72 Å². The molecule has 0 aromatic heterocycles. The van der Waals surface area contributed by atoms with E-state index in [1.54, 1.807) is 0 Å². The third-order valence-electron chi connectivity index (χ3n) is 2.17. The maximum atomic E-state index is 12.8. The van der Waals surface area contributed by atoms with Crippen molar-refractivity contribution in [1.29, 1.82) is 0 Å². The van der Waals surface area contributed by atoms with E-state index in [0.29, 0.717) is 12.8 Å². The number of rotatable bonds is 3. The molecule has 0 heterocycles. The number of halogens is 1. The molecule has 0 radical (unpaired) electrons. The Hall–Kier alpha value is -1.30. The van der Waals surface area contributed by atoms with Crippen LogP contribution in [0.4, 0.5) is 10.1 Å². The fourth-order valence-electron chi connectivity index (χ4n) is 1.20. The minimum atomic E-state index is -3.46. The SMILES string of the molecule is O=S(=O)(Nc1cc(F)ccc1O)C1CC1. The van der Waals surface area contributed by atoms with Crippen molar-refractivity contribution >= 4 is 15.7 Å². The number of benzene rings is 1. The summed E-state index contributed by atoms with van der Waals surface area (Å²) in [5.74, 6) is -0.873. The van der Waals surface area contributed by atoms with E-state index in [9.17, 15) is 17.9 Å². The highest BCUT2D eigenvalue weighted by molar-refractivity contribution is 7.93. The van der Waals surface area contributed by atoms with Crippen molar-refractivity contribution in [3.63, 3.8) is 0 Å². The largest absolute Gasteiger partial charge is 0.506 e. The molecular formula is C9H10FNO3S. The van der Waals surface area contributed by atoms with Gasteiger partial charge in [-0.1, -0.05) is 0 Å². The van der Waals surface area contributed by atoms with Crippen molar-refractivity contribution < 1.29 is 17.9 Å². The molecule has 0 saturated heterocycles. The maximum absolute atomic E-state index is 12.8. The van der Waals surface area contributed by atoms with E-state index in [0.717, 1.165) is 18.2 Å². The molecule has 1 aromatic carbocycles. The molecule has 4 nitrogen and oxygen atoms in total. The zero-order valence-corrected chi connectivity index (χ0v) is 8.59. The fraction of sp³-hybridized carbons (Fsp3) is 0.333. The molecule has 1 aliphatic carbocycles. The molecule has 0 bridgehead atoms. The number of hydrogen-bond donors (Lipinski definition) is 2. The molecule has 1 aliphatic rings. The summed E-state index contributed by atoms with van der Waals surface area (Å²) in [5, 5.41) is 8.90. The van der Waals surface area contributed by atoms with E-state index in [1.165, 1.54) is 0 Å². The number of nitrogens with one attached hydrogen (secondary N) is 1. The normalized spacial score (nSPS) is 16.3. The third kappa shape index (κ3) is 2.20. The van der Waals surface area contributed by atoms with E-state index in [4.69, 9.17) is 0 Å². The first-order chi connectivity index (χ1) is 6.99. The van der Waals surface area contributed by atoms with Crippen molar-refractivity contribution in [3.8, 4) is 5.75 Å². The summed E-state index contributed by atoms with van der Waals surface area (Å²) in [6.07, 6.45) is 1.23. The number of phenolic OH excluding ortho intramolecular Hbond substituents is 1. The summed E-state index contributed by atoms with van der Waals surface area (Å²) < 4.78 is 37.9. The second-order valence-electron chi connectivity index (χ2n) is 3.51. The first-order valence-corrected chi connectivity index (χ1v) is 6.04. The van der Waals surface area contributed by atoms with Gasteiger partial charge in [0.1, 0.15) is 11.6 Å². The van der Waals surface area contributed by atoms with E-state index < -0.39 is 21.1 Å². The van der Waals surface area contributed by atoms with Crippen LogP contribution in [0.1, 0.15) is 12.8 Å². The molecule has 6 heteroatoms. The van der Waals surface area contributed by atoms with Crippen molar-refractivity contribution in [2.45, 2.75) is 18.1 Å². The Balaban J connectivity index is 2.27. The number of aromatic hydroxyl groups is 1. The van der Waals surface area contributed by atoms with Gasteiger partial charge in [-0.2, -0.15) is 0 Å². The van der Waals surface area contributed by atoms with Gasteiger partial charge >= 0.3 is 0 Å². The van der Waals surface area contributed by atoms with E-state index in [1.807, 2.05) is 0 Å². The number of hydrogen-bond acceptors (Lipinski definition) is 3. The molecule has 0 unspecified atom stereocenters. The van der Waals surface area contributed by atoms with Gasteiger partial charge in [0.05, 0.1) is 10.9 Å². The van der Waals surface area contributed by atoms with E-state index >= 15 is 0 Å². The Morgan fingerprint density at radius 3 is 2.67 bits per heavy atom. The van der Waals surface area contributed by atoms with Gasteiger partial charge in [0, 0.05) is 6.07 Å². The molecular weight excluding hydrogens is 221 g/mol. The average molecular weight is 231 g/mol. The van der Waals surface area contributed by atoms with E-state index in [2.05, 4.69) is 4.72 Å². The number of phenols is 1. The molecule has 0 aliphatic heterocycles. The van der Waals surface area contributed by atoms with Gasteiger partial charge in [-0.25, -0.2) is 12.8 Å². The van der Waals surface area contributed by atoms with Gasteiger partial charge in [-0.15, -0.1) is 0 Å². The van der Waals surface area contributed by atoms with Crippen molar-refractivity contribution in [2.75, 3.05) is 4.72 Å². The Morgan fingerprint density at radius 2 is 2.07 bits per heavy atom. The highest BCUT2D eigenvalue weighted by atomic mass is 32.2. The van der Waals surface area contributed by atoms with Crippen LogP contribution < -0.4 is 4.72 Å². The predicted octanol–water partition coefficient (Wildman–Crippen LogP) is 1.44. The summed E-state index contributed by atoms with van der Waals surface area (Å²) in [4.78, 5) is 0. The molecule has 1 saturated carbocycles. The summed E-state index contributed by atoms with van der Waals surface area (Å²) in [5.41, 5.74) is -0.109. The second-order valence-corrected chi connectivity index (χ2v) is 5.47. The minimum absolute atomic E-state index is 0.109. The maximum Gasteiger partial charge on any atom is 0.235 e. The first-order valence-electron chi connectivity index (χ1n) is 4.49. The lowest BCUT2D eigenvalue weighted by Crippen LogP contribution is -2.17. The topological polar surface area (TPSA) is 66.4 Å².